The number of urea groups is 1. The van der Waals surface area contributed by atoms with Crippen molar-refractivity contribution in [1.29, 1.82) is 0 Å². The summed E-state index contributed by atoms with van der Waals surface area (Å²) >= 11 is 5.79. The van der Waals surface area contributed by atoms with E-state index in [2.05, 4.69) is 4.98 Å². The van der Waals surface area contributed by atoms with Crippen LogP contribution in [-0.4, -0.2) is 23.0 Å². The van der Waals surface area contributed by atoms with Gasteiger partial charge < -0.3 is 4.90 Å². The number of pyridine rings is 1. The van der Waals surface area contributed by atoms with Crippen LogP contribution in [0.5, 0.6) is 0 Å². The molecule has 3 rings (SSSR count). The Balaban J connectivity index is 1.95. The second-order valence-electron chi connectivity index (χ2n) is 4.84. The zero-order chi connectivity index (χ0) is 14.1. The maximum Gasteiger partial charge on any atom is 0.324 e. The number of rotatable bonds is 2. The van der Waals surface area contributed by atoms with Gasteiger partial charge in [0.05, 0.1) is 12.2 Å². The van der Waals surface area contributed by atoms with E-state index in [4.69, 9.17) is 11.6 Å². The quantitative estimate of drug-likeness (QED) is 0.795. The molecule has 2 amide bonds. The van der Waals surface area contributed by atoms with Crippen molar-refractivity contribution < 1.29 is 4.79 Å². The maximum absolute atomic E-state index is 12.4. The van der Waals surface area contributed by atoms with Gasteiger partial charge in [-0.1, -0.05) is 35.9 Å². The normalized spacial score (nSPS) is 14.4. The van der Waals surface area contributed by atoms with Crippen molar-refractivity contribution in [2.75, 3.05) is 11.9 Å². The summed E-state index contributed by atoms with van der Waals surface area (Å²) in [4.78, 5) is 19.9. The number of carbonyl (C=O) groups excluding carboxylic acids is 1. The van der Waals surface area contributed by atoms with Crippen LogP contribution in [0.2, 0.25) is 5.15 Å². The number of hydrogen-bond acceptors (Lipinski definition) is 2. The lowest BCUT2D eigenvalue weighted by molar-refractivity contribution is 0.210. The monoisotopic (exact) mass is 287 g/mol. The lowest BCUT2D eigenvalue weighted by Gasteiger charge is -2.35. The fourth-order valence-corrected chi connectivity index (χ4v) is 2.49. The third-order valence-corrected chi connectivity index (χ3v) is 3.60. The van der Waals surface area contributed by atoms with Gasteiger partial charge in [0.25, 0.3) is 0 Å². The fourth-order valence-electron chi connectivity index (χ4n) is 2.38. The van der Waals surface area contributed by atoms with E-state index in [9.17, 15) is 4.79 Å². The number of para-hydroxylation sites is 1. The minimum atomic E-state index is -0.00125. The van der Waals surface area contributed by atoms with Gasteiger partial charge in [-0.3, -0.25) is 4.90 Å². The van der Waals surface area contributed by atoms with E-state index < -0.39 is 0 Å². The molecule has 5 heteroatoms. The molecule has 1 aromatic carbocycles. The van der Waals surface area contributed by atoms with Crippen molar-refractivity contribution in [3.63, 3.8) is 0 Å². The number of anilines is 1. The predicted octanol–water partition coefficient (Wildman–Crippen LogP) is 3.31. The second-order valence-corrected chi connectivity index (χ2v) is 5.23. The Morgan fingerprint density at radius 1 is 1.25 bits per heavy atom. The predicted molar refractivity (Wildman–Crippen MR) is 78.7 cm³/mol. The smallest absolute Gasteiger partial charge is 0.323 e. The number of halogens is 1. The molecule has 2 heterocycles. The summed E-state index contributed by atoms with van der Waals surface area (Å²) in [5.74, 6) is 0. The number of fused-ring (bicyclic) bond motifs is 1. The summed E-state index contributed by atoms with van der Waals surface area (Å²) in [5, 5.41) is 0.455. The SMILES string of the molecule is CN1Cc2ccccc2N(Cc2ccc(Cl)nc2)C1=O. The van der Waals surface area contributed by atoms with E-state index in [0.717, 1.165) is 16.8 Å². The Labute approximate surface area is 122 Å². The lowest BCUT2D eigenvalue weighted by Crippen LogP contribution is -2.44. The highest BCUT2D eigenvalue weighted by atomic mass is 35.5. The van der Waals surface area contributed by atoms with Crippen molar-refractivity contribution in [3.8, 4) is 0 Å². The van der Waals surface area contributed by atoms with Crippen LogP contribution >= 0.6 is 11.6 Å². The molecular weight excluding hydrogens is 274 g/mol. The van der Waals surface area contributed by atoms with Gasteiger partial charge in [-0.15, -0.1) is 0 Å². The molecule has 0 atom stereocenters. The number of carbonyl (C=O) groups is 1. The number of aromatic nitrogens is 1. The Kier molecular flexibility index (Phi) is 3.32. The van der Waals surface area contributed by atoms with E-state index in [-0.39, 0.29) is 6.03 Å². The minimum Gasteiger partial charge on any atom is -0.323 e. The van der Waals surface area contributed by atoms with E-state index in [0.29, 0.717) is 18.2 Å². The van der Waals surface area contributed by atoms with Gasteiger partial charge in [0.2, 0.25) is 0 Å². The number of amides is 2. The molecule has 0 saturated carbocycles. The summed E-state index contributed by atoms with van der Waals surface area (Å²) in [6.45, 7) is 1.13. The molecule has 2 aromatic rings. The molecule has 1 aromatic heterocycles. The molecule has 20 heavy (non-hydrogen) atoms. The first-order valence-electron chi connectivity index (χ1n) is 6.36. The molecule has 0 aliphatic carbocycles. The molecule has 4 nitrogen and oxygen atoms in total. The number of benzene rings is 1. The molecular formula is C15H14ClN3O. The third kappa shape index (κ3) is 2.34. The largest absolute Gasteiger partial charge is 0.324 e. The van der Waals surface area contributed by atoms with E-state index in [1.54, 1.807) is 22.1 Å². The van der Waals surface area contributed by atoms with Crippen LogP contribution in [0, 0.1) is 0 Å². The number of hydrogen-bond donors (Lipinski definition) is 0. The van der Waals surface area contributed by atoms with Gasteiger partial charge in [0.15, 0.2) is 0 Å². The fraction of sp³-hybridized carbons (Fsp3) is 0.200. The van der Waals surface area contributed by atoms with Crippen molar-refractivity contribution >= 4 is 23.3 Å². The van der Waals surface area contributed by atoms with Gasteiger partial charge >= 0.3 is 6.03 Å². The Hall–Kier alpha value is -2.07. The van der Waals surface area contributed by atoms with Gasteiger partial charge in [0, 0.05) is 19.8 Å². The van der Waals surface area contributed by atoms with Gasteiger partial charge in [-0.05, 0) is 23.3 Å². The average molecular weight is 288 g/mol. The topological polar surface area (TPSA) is 36.4 Å². The minimum absolute atomic E-state index is 0.00125. The third-order valence-electron chi connectivity index (χ3n) is 3.38. The molecule has 1 aliphatic heterocycles. The summed E-state index contributed by atoms with van der Waals surface area (Å²) in [6, 6.07) is 11.6. The summed E-state index contributed by atoms with van der Waals surface area (Å²) in [5.41, 5.74) is 3.06. The standard InChI is InChI=1S/C15H14ClN3O/c1-18-10-12-4-2-3-5-13(12)19(15(18)20)9-11-6-7-14(16)17-8-11/h2-8H,9-10H2,1H3. The molecule has 0 N–H and O–H groups in total. The van der Waals surface area contributed by atoms with Crippen molar-refractivity contribution in [2.45, 2.75) is 13.1 Å². The summed E-state index contributed by atoms with van der Waals surface area (Å²) < 4.78 is 0. The molecule has 0 radical (unpaired) electrons. The van der Waals surface area contributed by atoms with Crippen LogP contribution in [0.25, 0.3) is 0 Å². The molecule has 0 spiro atoms. The zero-order valence-electron chi connectivity index (χ0n) is 11.1. The van der Waals surface area contributed by atoms with Crippen LogP contribution in [0.1, 0.15) is 11.1 Å². The van der Waals surface area contributed by atoms with Gasteiger partial charge in [0.1, 0.15) is 5.15 Å². The number of nitrogens with zero attached hydrogens (tertiary/aromatic N) is 3. The average Bonchev–Trinajstić information content (AvgIpc) is 2.46. The highest BCUT2D eigenvalue weighted by Crippen LogP contribution is 2.29. The molecule has 0 saturated heterocycles. The van der Waals surface area contributed by atoms with Crippen molar-refractivity contribution in [1.82, 2.24) is 9.88 Å². The van der Waals surface area contributed by atoms with Crippen LogP contribution in [0.15, 0.2) is 42.6 Å². The van der Waals surface area contributed by atoms with E-state index >= 15 is 0 Å². The highest BCUT2D eigenvalue weighted by molar-refractivity contribution is 6.29. The first-order chi connectivity index (χ1) is 9.65. The Bertz CT molecular complexity index is 642. The van der Waals surface area contributed by atoms with Crippen LogP contribution in [0.4, 0.5) is 10.5 Å². The first-order valence-corrected chi connectivity index (χ1v) is 6.74. The molecule has 0 bridgehead atoms. The van der Waals surface area contributed by atoms with Crippen LogP contribution in [-0.2, 0) is 13.1 Å². The van der Waals surface area contributed by atoms with E-state index in [1.807, 2.05) is 37.4 Å². The van der Waals surface area contributed by atoms with Crippen molar-refractivity contribution in [2.24, 2.45) is 0 Å². The van der Waals surface area contributed by atoms with Gasteiger partial charge in [-0.2, -0.15) is 0 Å². The molecule has 0 fully saturated rings. The van der Waals surface area contributed by atoms with Crippen LogP contribution in [0.3, 0.4) is 0 Å². The second kappa shape index (κ2) is 5.13. The lowest BCUT2D eigenvalue weighted by atomic mass is 10.1. The zero-order valence-corrected chi connectivity index (χ0v) is 11.8. The molecule has 0 unspecified atom stereocenters. The molecule has 102 valence electrons. The van der Waals surface area contributed by atoms with Crippen LogP contribution < -0.4 is 4.90 Å². The van der Waals surface area contributed by atoms with Gasteiger partial charge in [-0.25, -0.2) is 9.78 Å². The van der Waals surface area contributed by atoms with E-state index in [1.165, 1.54) is 0 Å². The Morgan fingerprint density at radius 3 is 2.80 bits per heavy atom. The Morgan fingerprint density at radius 2 is 2.05 bits per heavy atom. The maximum atomic E-state index is 12.4. The first kappa shape index (κ1) is 12.9. The summed E-state index contributed by atoms with van der Waals surface area (Å²) in [6.07, 6.45) is 1.70. The molecule has 1 aliphatic rings. The summed E-state index contributed by atoms with van der Waals surface area (Å²) in [7, 11) is 1.81. The van der Waals surface area contributed by atoms with Crippen molar-refractivity contribution in [3.05, 3.63) is 58.9 Å². The highest BCUT2D eigenvalue weighted by Gasteiger charge is 2.27.